The number of aryl methyl sites for hydroxylation is 2. The van der Waals surface area contributed by atoms with Gasteiger partial charge in [0, 0.05) is 17.8 Å². The fourth-order valence-corrected chi connectivity index (χ4v) is 3.94. The van der Waals surface area contributed by atoms with Crippen molar-refractivity contribution >= 4 is 11.8 Å². The molecule has 19 heavy (non-hydrogen) atoms. The Balaban J connectivity index is 1.86. The van der Waals surface area contributed by atoms with E-state index in [1.165, 1.54) is 48.8 Å². The minimum Gasteiger partial charge on any atom is -0.311 e. The molecule has 1 nitrogen and oxygen atoms in total. The molecule has 0 saturated heterocycles. The van der Waals surface area contributed by atoms with Crippen LogP contribution in [0.3, 0.4) is 0 Å². The number of hydrogen-bond acceptors (Lipinski definition) is 2. The summed E-state index contributed by atoms with van der Waals surface area (Å²) >= 11 is 2.07. The second-order valence-electron chi connectivity index (χ2n) is 5.97. The van der Waals surface area contributed by atoms with E-state index in [0.29, 0.717) is 4.75 Å². The quantitative estimate of drug-likeness (QED) is 0.853. The lowest BCUT2D eigenvalue weighted by atomic mass is 9.88. The van der Waals surface area contributed by atoms with Crippen molar-refractivity contribution in [1.29, 1.82) is 0 Å². The summed E-state index contributed by atoms with van der Waals surface area (Å²) in [5.41, 5.74) is 4.20. The third-order valence-electron chi connectivity index (χ3n) is 4.55. The van der Waals surface area contributed by atoms with Crippen molar-refractivity contribution < 1.29 is 0 Å². The van der Waals surface area contributed by atoms with E-state index in [0.717, 1.165) is 13.1 Å². The van der Waals surface area contributed by atoms with E-state index in [2.05, 4.69) is 55.4 Å². The third-order valence-corrected chi connectivity index (χ3v) is 5.96. The standard InChI is InChI=1S/C17H27NS/c1-14-7-8-16(11-15(14)2)12-18-13-17(19-3)9-5-4-6-10-17/h7-8,11,18H,4-6,9-10,12-13H2,1-3H3. The molecular weight excluding hydrogens is 250 g/mol. The molecule has 2 heteroatoms. The van der Waals surface area contributed by atoms with Gasteiger partial charge in [0.2, 0.25) is 0 Å². The first-order valence-corrected chi connectivity index (χ1v) is 8.70. The average Bonchev–Trinajstić information content (AvgIpc) is 2.44. The Kier molecular flexibility index (Phi) is 5.35. The summed E-state index contributed by atoms with van der Waals surface area (Å²) in [4.78, 5) is 0. The molecule has 0 heterocycles. The Labute approximate surface area is 122 Å². The van der Waals surface area contributed by atoms with Crippen molar-refractivity contribution in [3.8, 4) is 0 Å². The molecule has 0 bridgehead atoms. The molecule has 0 radical (unpaired) electrons. The molecule has 106 valence electrons. The number of hydrogen-bond donors (Lipinski definition) is 1. The Bertz CT molecular complexity index is 408. The predicted octanol–water partition coefficient (Wildman–Crippen LogP) is 4.46. The predicted molar refractivity (Wildman–Crippen MR) is 87.0 cm³/mol. The molecular formula is C17H27NS. The van der Waals surface area contributed by atoms with Gasteiger partial charge in [-0.3, -0.25) is 0 Å². The van der Waals surface area contributed by atoms with Crippen LogP contribution in [0.2, 0.25) is 0 Å². The zero-order valence-corrected chi connectivity index (χ0v) is 13.4. The summed E-state index contributed by atoms with van der Waals surface area (Å²) in [6.45, 7) is 6.53. The van der Waals surface area contributed by atoms with Crippen molar-refractivity contribution in [1.82, 2.24) is 5.32 Å². The lowest BCUT2D eigenvalue weighted by Gasteiger charge is -2.36. The molecule has 1 aliphatic carbocycles. The van der Waals surface area contributed by atoms with Crippen LogP contribution in [0, 0.1) is 13.8 Å². The van der Waals surface area contributed by atoms with Crippen LogP contribution in [-0.4, -0.2) is 17.5 Å². The molecule has 0 amide bonds. The third kappa shape index (κ3) is 4.00. The number of thioether (sulfide) groups is 1. The lowest BCUT2D eigenvalue weighted by Crippen LogP contribution is -2.39. The topological polar surface area (TPSA) is 12.0 Å². The van der Waals surface area contributed by atoms with Crippen LogP contribution in [0.4, 0.5) is 0 Å². The first-order valence-electron chi connectivity index (χ1n) is 7.47. The maximum Gasteiger partial charge on any atom is 0.0281 e. The molecule has 1 aromatic carbocycles. The second kappa shape index (κ2) is 6.81. The van der Waals surface area contributed by atoms with Crippen LogP contribution in [0.25, 0.3) is 0 Å². The maximum atomic E-state index is 3.69. The van der Waals surface area contributed by atoms with Gasteiger partial charge in [-0.15, -0.1) is 0 Å². The van der Waals surface area contributed by atoms with Gasteiger partial charge in [0.1, 0.15) is 0 Å². The fraction of sp³-hybridized carbons (Fsp3) is 0.647. The smallest absolute Gasteiger partial charge is 0.0281 e. The second-order valence-corrected chi connectivity index (χ2v) is 7.24. The summed E-state index contributed by atoms with van der Waals surface area (Å²) < 4.78 is 0.498. The van der Waals surface area contributed by atoms with Crippen molar-refractivity contribution in [2.75, 3.05) is 12.8 Å². The van der Waals surface area contributed by atoms with Gasteiger partial charge in [-0.1, -0.05) is 37.5 Å². The summed E-state index contributed by atoms with van der Waals surface area (Å²) in [7, 11) is 0. The summed E-state index contributed by atoms with van der Waals surface area (Å²) in [5.74, 6) is 0. The fourth-order valence-electron chi connectivity index (χ4n) is 3.00. The van der Waals surface area contributed by atoms with Gasteiger partial charge in [-0.2, -0.15) is 11.8 Å². The molecule has 0 aliphatic heterocycles. The molecule has 0 aromatic heterocycles. The van der Waals surface area contributed by atoms with Gasteiger partial charge in [-0.25, -0.2) is 0 Å². The molecule has 1 aliphatic rings. The largest absolute Gasteiger partial charge is 0.311 e. The molecule has 0 atom stereocenters. The zero-order chi connectivity index (χ0) is 13.7. The Morgan fingerprint density at radius 3 is 2.47 bits per heavy atom. The van der Waals surface area contributed by atoms with Crippen LogP contribution in [-0.2, 0) is 6.54 Å². The van der Waals surface area contributed by atoms with Gasteiger partial charge in [-0.05, 0) is 49.6 Å². The summed E-state index contributed by atoms with van der Waals surface area (Å²) in [5, 5.41) is 3.69. The highest BCUT2D eigenvalue weighted by Crippen LogP contribution is 2.37. The van der Waals surface area contributed by atoms with E-state index < -0.39 is 0 Å². The maximum absolute atomic E-state index is 3.69. The normalized spacial score (nSPS) is 18.5. The Morgan fingerprint density at radius 2 is 1.84 bits per heavy atom. The minimum absolute atomic E-state index is 0.498. The van der Waals surface area contributed by atoms with Crippen LogP contribution >= 0.6 is 11.8 Å². The minimum atomic E-state index is 0.498. The van der Waals surface area contributed by atoms with E-state index in [9.17, 15) is 0 Å². The van der Waals surface area contributed by atoms with Gasteiger partial charge < -0.3 is 5.32 Å². The van der Waals surface area contributed by atoms with E-state index in [1.54, 1.807) is 0 Å². The molecule has 0 unspecified atom stereocenters. The van der Waals surface area contributed by atoms with Crippen LogP contribution in [0.5, 0.6) is 0 Å². The van der Waals surface area contributed by atoms with E-state index in [-0.39, 0.29) is 0 Å². The monoisotopic (exact) mass is 277 g/mol. The van der Waals surface area contributed by atoms with Crippen molar-refractivity contribution in [3.63, 3.8) is 0 Å². The average molecular weight is 277 g/mol. The van der Waals surface area contributed by atoms with Crippen molar-refractivity contribution in [3.05, 3.63) is 34.9 Å². The highest BCUT2D eigenvalue weighted by molar-refractivity contribution is 8.00. The Hall–Kier alpha value is -0.470. The molecule has 0 spiro atoms. The molecule has 1 aromatic rings. The summed E-state index contributed by atoms with van der Waals surface area (Å²) in [6, 6.07) is 6.80. The molecule has 1 saturated carbocycles. The first kappa shape index (κ1) is 14.9. The highest BCUT2D eigenvalue weighted by Gasteiger charge is 2.30. The molecule has 1 fully saturated rings. The number of nitrogens with one attached hydrogen (secondary N) is 1. The van der Waals surface area contributed by atoms with Crippen LogP contribution in [0.1, 0.15) is 48.8 Å². The van der Waals surface area contributed by atoms with E-state index in [4.69, 9.17) is 0 Å². The highest BCUT2D eigenvalue weighted by atomic mass is 32.2. The van der Waals surface area contributed by atoms with Crippen molar-refractivity contribution in [2.24, 2.45) is 0 Å². The molecule has 1 N–H and O–H groups in total. The SMILES string of the molecule is CSC1(CNCc2ccc(C)c(C)c2)CCCCC1. The zero-order valence-electron chi connectivity index (χ0n) is 12.6. The van der Waals surface area contributed by atoms with Crippen molar-refractivity contribution in [2.45, 2.75) is 57.2 Å². The summed E-state index contributed by atoms with van der Waals surface area (Å²) in [6.07, 6.45) is 9.29. The lowest BCUT2D eigenvalue weighted by molar-refractivity contribution is 0.379. The van der Waals surface area contributed by atoms with Gasteiger partial charge in [0.05, 0.1) is 0 Å². The van der Waals surface area contributed by atoms with Crippen LogP contribution in [0.15, 0.2) is 18.2 Å². The van der Waals surface area contributed by atoms with E-state index >= 15 is 0 Å². The van der Waals surface area contributed by atoms with Gasteiger partial charge in [0.25, 0.3) is 0 Å². The number of benzene rings is 1. The first-order chi connectivity index (χ1) is 9.15. The van der Waals surface area contributed by atoms with Crippen LogP contribution < -0.4 is 5.32 Å². The Morgan fingerprint density at radius 1 is 1.11 bits per heavy atom. The van der Waals surface area contributed by atoms with Gasteiger partial charge in [0.15, 0.2) is 0 Å². The number of rotatable bonds is 5. The van der Waals surface area contributed by atoms with Gasteiger partial charge >= 0.3 is 0 Å². The molecule has 2 rings (SSSR count). The van der Waals surface area contributed by atoms with E-state index in [1.807, 2.05) is 0 Å².